The molecule has 2 aromatic carbocycles. The van der Waals surface area contributed by atoms with E-state index in [4.69, 9.17) is 9.97 Å². The second-order valence-corrected chi connectivity index (χ2v) is 15.1. The summed E-state index contributed by atoms with van der Waals surface area (Å²) >= 11 is 0. The van der Waals surface area contributed by atoms with Crippen LogP contribution in [0.5, 0.6) is 0 Å². The van der Waals surface area contributed by atoms with Gasteiger partial charge in [-0.05, 0) is 114 Å². The van der Waals surface area contributed by atoms with Gasteiger partial charge in [-0.25, -0.2) is 0 Å². The van der Waals surface area contributed by atoms with E-state index in [1.165, 1.54) is 90.5 Å². The highest BCUT2D eigenvalue weighted by Gasteiger charge is 2.23. The third kappa shape index (κ3) is 5.08. The first kappa shape index (κ1) is 24.7. The first-order valence-corrected chi connectivity index (χ1v) is 16.7. The highest BCUT2D eigenvalue weighted by molar-refractivity contribution is 8.32. The molecule has 0 aliphatic heterocycles. The number of rotatable bonds is 5. The van der Waals surface area contributed by atoms with Crippen LogP contribution in [0, 0.1) is 0 Å². The number of hydrogen-bond donors (Lipinski definition) is 0. The van der Waals surface area contributed by atoms with Crippen LogP contribution in [0.2, 0.25) is 0 Å². The van der Waals surface area contributed by atoms with Crippen LogP contribution in [-0.2, 0) is 0 Å². The molecule has 0 amide bonds. The number of benzene rings is 2. The zero-order valence-corrected chi connectivity index (χ0v) is 23.3. The molecule has 2 aliphatic carbocycles. The van der Waals surface area contributed by atoms with E-state index in [9.17, 15) is 0 Å². The van der Waals surface area contributed by atoms with E-state index in [1.807, 2.05) is 18.5 Å². The Hall–Kier alpha value is -2.65. The van der Waals surface area contributed by atoms with Gasteiger partial charge in [0.05, 0.1) is 10.7 Å². The molecule has 0 saturated heterocycles. The summed E-state index contributed by atoms with van der Waals surface area (Å²) in [6.07, 6.45) is 22.3. The summed E-state index contributed by atoms with van der Waals surface area (Å²) in [6, 6.07) is 23.0. The largest absolute Gasteiger partial charge is 0.256 e. The smallest absolute Gasteiger partial charge is 0.0825 e. The van der Waals surface area contributed by atoms with Crippen LogP contribution in [0.4, 0.5) is 0 Å². The first-order valence-electron chi connectivity index (χ1n) is 14.3. The average molecular weight is 509 g/mol. The molecule has 3 heteroatoms. The Bertz CT molecular complexity index is 1330. The van der Waals surface area contributed by atoms with E-state index < -0.39 is 10.0 Å². The zero-order valence-electron chi connectivity index (χ0n) is 22.5. The third-order valence-corrected chi connectivity index (χ3v) is 11.6. The molecule has 2 aromatic heterocycles. The van der Waals surface area contributed by atoms with Gasteiger partial charge in [0.1, 0.15) is 0 Å². The molecule has 0 radical (unpaired) electrons. The van der Waals surface area contributed by atoms with Gasteiger partial charge in [-0.3, -0.25) is 9.97 Å². The Balaban J connectivity index is 1.43. The van der Waals surface area contributed by atoms with Crippen molar-refractivity contribution in [3.63, 3.8) is 0 Å². The standard InChI is InChI=1S/C34H40N2S/c1-37(2,33-15-9-10-19-35-33)31-16-17-32-27(24-31)18-20-36-34(32)30-22-28(25-11-5-3-6-12-25)21-29(23-30)26-13-7-4-8-14-26/h9-10,15-26H,3-8,11-14H2,1-2H3. The fourth-order valence-electron chi connectivity index (χ4n) is 6.63. The Labute approximate surface area is 224 Å². The minimum Gasteiger partial charge on any atom is -0.256 e. The Morgan fingerprint density at radius 2 is 1.32 bits per heavy atom. The number of hydrogen-bond acceptors (Lipinski definition) is 2. The van der Waals surface area contributed by atoms with Crippen molar-refractivity contribution in [2.75, 3.05) is 12.5 Å². The van der Waals surface area contributed by atoms with Gasteiger partial charge in [-0.1, -0.05) is 56.7 Å². The van der Waals surface area contributed by atoms with E-state index in [0.29, 0.717) is 11.8 Å². The molecule has 4 aromatic rings. The van der Waals surface area contributed by atoms with E-state index in [-0.39, 0.29) is 0 Å². The second-order valence-electron chi connectivity index (χ2n) is 11.6. The van der Waals surface area contributed by atoms with Crippen LogP contribution in [0.3, 0.4) is 0 Å². The highest BCUT2D eigenvalue weighted by atomic mass is 32.3. The molecular weight excluding hydrogens is 468 g/mol. The van der Waals surface area contributed by atoms with Crippen molar-refractivity contribution >= 4 is 20.8 Å². The predicted octanol–water partition coefficient (Wildman–Crippen LogP) is 9.87. The molecule has 0 spiro atoms. The van der Waals surface area contributed by atoms with E-state index in [1.54, 1.807) is 11.1 Å². The highest BCUT2D eigenvalue weighted by Crippen LogP contribution is 2.56. The van der Waals surface area contributed by atoms with Gasteiger partial charge in [0.2, 0.25) is 0 Å². The summed E-state index contributed by atoms with van der Waals surface area (Å²) in [6.45, 7) is 0. The van der Waals surface area contributed by atoms with Crippen LogP contribution in [0.25, 0.3) is 22.0 Å². The molecule has 2 aliphatic rings. The van der Waals surface area contributed by atoms with Crippen molar-refractivity contribution in [2.45, 2.75) is 86.0 Å². The molecular formula is C34H40N2S. The van der Waals surface area contributed by atoms with Crippen LogP contribution in [0.1, 0.15) is 87.2 Å². The van der Waals surface area contributed by atoms with Crippen LogP contribution in [0.15, 0.2) is 83.0 Å². The van der Waals surface area contributed by atoms with Gasteiger partial charge < -0.3 is 0 Å². The van der Waals surface area contributed by atoms with Crippen molar-refractivity contribution < 1.29 is 0 Å². The topological polar surface area (TPSA) is 25.8 Å². The third-order valence-electron chi connectivity index (χ3n) is 8.89. The Morgan fingerprint density at radius 1 is 0.649 bits per heavy atom. The van der Waals surface area contributed by atoms with Crippen LogP contribution in [-0.4, -0.2) is 22.5 Å². The van der Waals surface area contributed by atoms with Gasteiger partial charge in [-0.2, -0.15) is 10.0 Å². The Morgan fingerprint density at radius 3 is 1.95 bits per heavy atom. The van der Waals surface area contributed by atoms with Crippen molar-refractivity contribution in [2.24, 2.45) is 0 Å². The normalized spacial score (nSPS) is 18.2. The van der Waals surface area contributed by atoms with Crippen molar-refractivity contribution in [3.05, 3.63) is 84.2 Å². The lowest BCUT2D eigenvalue weighted by Crippen LogP contribution is -2.09. The van der Waals surface area contributed by atoms with E-state index >= 15 is 0 Å². The molecule has 0 unspecified atom stereocenters. The van der Waals surface area contributed by atoms with Crippen molar-refractivity contribution in [3.8, 4) is 11.3 Å². The van der Waals surface area contributed by atoms with E-state index in [0.717, 1.165) is 5.69 Å². The molecule has 2 fully saturated rings. The molecule has 0 bridgehead atoms. The van der Waals surface area contributed by atoms with Gasteiger partial charge in [0.15, 0.2) is 0 Å². The summed E-state index contributed by atoms with van der Waals surface area (Å²) in [4.78, 5) is 11.1. The summed E-state index contributed by atoms with van der Waals surface area (Å²) in [5, 5.41) is 3.72. The number of pyridine rings is 2. The number of aromatic nitrogens is 2. The zero-order chi connectivity index (χ0) is 25.2. The van der Waals surface area contributed by atoms with Gasteiger partial charge in [0, 0.05) is 23.3 Å². The first-order chi connectivity index (χ1) is 18.1. The lowest BCUT2D eigenvalue weighted by atomic mass is 9.79. The maximum Gasteiger partial charge on any atom is 0.0825 e. The quantitative estimate of drug-likeness (QED) is 0.268. The van der Waals surface area contributed by atoms with Crippen molar-refractivity contribution in [1.29, 1.82) is 0 Å². The fraction of sp³-hybridized carbons (Fsp3) is 0.412. The molecule has 192 valence electrons. The van der Waals surface area contributed by atoms with Crippen LogP contribution >= 0.6 is 10.0 Å². The monoisotopic (exact) mass is 508 g/mol. The molecule has 2 saturated carbocycles. The lowest BCUT2D eigenvalue weighted by Gasteiger charge is -2.31. The van der Waals surface area contributed by atoms with Gasteiger partial charge in [0.25, 0.3) is 0 Å². The summed E-state index contributed by atoms with van der Waals surface area (Å²) < 4.78 is 0. The average Bonchev–Trinajstić information content (AvgIpc) is 2.97. The lowest BCUT2D eigenvalue weighted by molar-refractivity contribution is 0.435. The SMILES string of the molecule is CS(C)(c1ccc2c(-c3cc(C4CCCCC4)cc(C4CCCCC4)c3)nccc2c1)c1ccccn1. The molecule has 37 heavy (non-hydrogen) atoms. The van der Waals surface area contributed by atoms with Gasteiger partial charge >= 0.3 is 0 Å². The van der Waals surface area contributed by atoms with Gasteiger partial charge in [-0.15, -0.1) is 0 Å². The number of fused-ring (bicyclic) bond motifs is 1. The maximum absolute atomic E-state index is 4.99. The summed E-state index contributed by atoms with van der Waals surface area (Å²) in [5.41, 5.74) is 5.59. The summed E-state index contributed by atoms with van der Waals surface area (Å²) in [5.74, 6) is 1.42. The molecule has 6 rings (SSSR count). The fourth-order valence-corrected chi connectivity index (χ4v) is 8.44. The maximum atomic E-state index is 4.99. The molecule has 2 heterocycles. The molecule has 0 N–H and O–H groups in total. The summed E-state index contributed by atoms with van der Waals surface area (Å²) in [7, 11) is -1.18. The second kappa shape index (κ2) is 10.6. The minimum atomic E-state index is -1.18. The Kier molecular flexibility index (Phi) is 7.08. The predicted molar refractivity (Wildman–Crippen MR) is 159 cm³/mol. The molecule has 0 atom stereocenters. The van der Waals surface area contributed by atoms with Crippen molar-refractivity contribution in [1.82, 2.24) is 9.97 Å². The molecule has 2 nitrogen and oxygen atoms in total. The minimum absolute atomic E-state index is 0.709. The number of nitrogens with zero attached hydrogens (tertiary/aromatic N) is 2. The van der Waals surface area contributed by atoms with E-state index in [2.05, 4.69) is 67.1 Å². The van der Waals surface area contributed by atoms with Crippen LogP contribution < -0.4 is 0 Å².